The maximum Gasteiger partial charge on any atom is 0.101 e. The van der Waals surface area contributed by atoms with Crippen LogP contribution in [0.5, 0.6) is 0 Å². The Labute approximate surface area is 110 Å². The van der Waals surface area contributed by atoms with Crippen molar-refractivity contribution < 1.29 is 14.6 Å². The van der Waals surface area contributed by atoms with Gasteiger partial charge in [0.25, 0.3) is 0 Å². The van der Waals surface area contributed by atoms with Gasteiger partial charge in [-0.05, 0) is 15.9 Å². The van der Waals surface area contributed by atoms with E-state index in [9.17, 15) is 5.11 Å². The van der Waals surface area contributed by atoms with Gasteiger partial charge in [-0.15, -0.1) is 0 Å². The van der Waals surface area contributed by atoms with E-state index in [4.69, 9.17) is 9.47 Å². The zero-order valence-corrected chi connectivity index (χ0v) is 12.0. The lowest BCUT2D eigenvalue weighted by atomic mass is 10.0. The van der Waals surface area contributed by atoms with Crippen LogP contribution in [0.15, 0.2) is 10.7 Å². The molecule has 1 heterocycles. The molecule has 2 unspecified atom stereocenters. The van der Waals surface area contributed by atoms with Crippen LogP contribution in [0.3, 0.4) is 0 Å². The number of halogens is 1. The molecule has 1 aromatic rings. The van der Waals surface area contributed by atoms with E-state index in [0.29, 0.717) is 19.8 Å². The van der Waals surface area contributed by atoms with Gasteiger partial charge in [-0.2, -0.15) is 5.10 Å². The zero-order valence-electron chi connectivity index (χ0n) is 10.4. The third-order valence-electron chi connectivity index (χ3n) is 2.59. The molecule has 1 rings (SSSR count). The molecule has 2 atom stereocenters. The minimum atomic E-state index is -0.608. The van der Waals surface area contributed by atoms with E-state index in [2.05, 4.69) is 21.0 Å². The maximum atomic E-state index is 10.3. The predicted octanol–water partition coefficient (Wildman–Crippen LogP) is 1.61. The molecule has 0 saturated carbocycles. The number of aliphatic hydroxyl groups excluding tert-OH is 1. The Hall–Kier alpha value is -0.430. The molecule has 0 bridgehead atoms. The van der Waals surface area contributed by atoms with Crippen molar-refractivity contribution in [2.45, 2.75) is 19.6 Å². The smallest absolute Gasteiger partial charge is 0.101 e. The number of aromatic nitrogens is 2. The Morgan fingerprint density at radius 3 is 2.76 bits per heavy atom. The van der Waals surface area contributed by atoms with Crippen LogP contribution in [0.25, 0.3) is 0 Å². The van der Waals surface area contributed by atoms with E-state index >= 15 is 0 Å². The van der Waals surface area contributed by atoms with Crippen molar-refractivity contribution in [3.63, 3.8) is 0 Å². The van der Waals surface area contributed by atoms with Gasteiger partial charge in [0, 0.05) is 20.1 Å². The minimum Gasteiger partial charge on any atom is -0.386 e. The summed E-state index contributed by atoms with van der Waals surface area (Å²) in [6, 6.07) is 0. The topological polar surface area (TPSA) is 56.5 Å². The Kier molecular flexibility index (Phi) is 6.11. The fourth-order valence-corrected chi connectivity index (χ4v) is 2.18. The number of nitrogens with zero attached hydrogens (tertiary/aromatic N) is 2. The maximum absolute atomic E-state index is 10.3. The first-order valence-electron chi connectivity index (χ1n) is 5.49. The van der Waals surface area contributed by atoms with Gasteiger partial charge < -0.3 is 14.6 Å². The van der Waals surface area contributed by atoms with E-state index in [0.717, 1.165) is 10.2 Å². The molecule has 98 valence electrons. The quantitative estimate of drug-likeness (QED) is 0.831. The molecule has 0 aromatic carbocycles. The molecular formula is C11H19BrN2O3. The number of methoxy groups -OCH3 is 2. The van der Waals surface area contributed by atoms with Crippen LogP contribution >= 0.6 is 15.9 Å². The normalized spacial score (nSPS) is 14.9. The number of hydrogen-bond donors (Lipinski definition) is 1. The number of rotatable bonds is 7. The summed E-state index contributed by atoms with van der Waals surface area (Å²) in [5, 5.41) is 14.5. The summed E-state index contributed by atoms with van der Waals surface area (Å²) in [7, 11) is 3.27. The molecule has 0 aliphatic rings. The van der Waals surface area contributed by atoms with Gasteiger partial charge in [0.1, 0.15) is 6.10 Å². The third kappa shape index (κ3) is 3.77. The number of hydrogen-bond acceptors (Lipinski definition) is 4. The fraction of sp³-hybridized carbons (Fsp3) is 0.727. The van der Waals surface area contributed by atoms with Crippen LogP contribution in [-0.2, 0) is 16.0 Å². The van der Waals surface area contributed by atoms with E-state index in [1.54, 1.807) is 25.1 Å². The highest BCUT2D eigenvalue weighted by Gasteiger charge is 2.23. The minimum absolute atomic E-state index is 0.00861. The van der Waals surface area contributed by atoms with Crippen molar-refractivity contribution in [1.82, 2.24) is 9.78 Å². The lowest BCUT2D eigenvalue weighted by molar-refractivity contribution is 0.0495. The van der Waals surface area contributed by atoms with Crippen molar-refractivity contribution in [3.8, 4) is 0 Å². The highest BCUT2D eigenvalue weighted by Crippen LogP contribution is 2.28. The standard InChI is InChI=1S/C11H19BrN2O3/c1-8(7-17-3)11(15)10-9(12)6-13-14(10)4-5-16-2/h6,8,11,15H,4-5,7H2,1-3H3. The van der Waals surface area contributed by atoms with Gasteiger partial charge in [-0.25, -0.2) is 0 Å². The Morgan fingerprint density at radius 2 is 2.18 bits per heavy atom. The van der Waals surface area contributed by atoms with Gasteiger partial charge in [0.05, 0.1) is 36.1 Å². The van der Waals surface area contributed by atoms with E-state index in [1.807, 2.05) is 6.92 Å². The molecule has 0 fully saturated rings. The Bertz CT molecular complexity index is 343. The first-order valence-corrected chi connectivity index (χ1v) is 6.28. The SMILES string of the molecule is COCCn1ncc(Br)c1C(O)C(C)COC. The largest absolute Gasteiger partial charge is 0.386 e. The van der Waals surface area contributed by atoms with Crippen molar-refractivity contribution in [2.24, 2.45) is 5.92 Å². The Morgan fingerprint density at radius 1 is 1.47 bits per heavy atom. The average Bonchev–Trinajstić information content (AvgIpc) is 2.67. The average molecular weight is 307 g/mol. The summed E-state index contributed by atoms with van der Waals surface area (Å²) >= 11 is 3.40. The number of aliphatic hydroxyl groups is 1. The van der Waals surface area contributed by atoms with Crippen LogP contribution < -0.4 is 0 Å². The Balaban J connectivity index is 2.83. The van der Waals surface area contributed by atoms with Crippen LogP contribution in [-0.4, -0.2) is 42.3 Å². The van der Waals surface area contributed by atoms with Gasteiger partial charge in [0.2, 0.25) is 0 Å². The summed E-state index contributed by atoms with van der Waals surface area (Å²) in [5.41, 5.74) is 0.770. The molecular weight excluding hydrogens is 288 g/mol. The summed E-state index contributed by atoms with van der Waals surface area (Å²) in [4.78, 5) is 0. The summed E-state index contributed by atoms with van der Waals surface area (Å²) in [5.74, 6) is 0.00861. The van der Waals surface area contributed by atoms with Gasteiger partial charge in [0.15, 0.2) is 0 Å². The molecule has 0 saturated heterocycles. The van der Waals surface area contributed by atoms with Crippen molar-refractivity contribution in [1.29, 1.82) is 0 Å². The number of ether oxygens (including phenoxy) is 2. The van der Waals surface area contributed by atoms with Crippen molar-refractivity contribution in [3.05, 3.63) is 16.4 Å². The van der Waals surface area contributed by atoms with Crippen LogP contribution in [0.4, 0.5) is 0 Å². The molecule has 0 aliphatic heterocycles. The second-order valence-corrected chi connectivity index (χ2v) is 4.83. The molecule has 0 aliphatic carbocycles. The third-order valence-corrected chi connectivity index (χ3v) is 3.20. The van der Waals surface area contributed by atoms with Crippen molar-refractivity contribution in [2.75, 3.05) is 27.4 Å². The first kappa shape index (κ1) is 14.6. The highest BCUT2D eigenvalue weighted by molar-refractivity contribution is 9.10. The van der Waals surface area contributed by atoms with Crippen LogP contribution in [0.2, 0.25) is 0 Å². The highest BCUT2D eigenvalue weighted by atomic mass is 79.9. The molecule has 1 aromatic heterocycles. The predicted molar refractivity (Wildman–Crippen MR) is 67.8 cm³/mol. The second kappa shape index (κ2) is 7.10. The first-order chi connectivity index (χ1) is 8.11. The second-order valence-electron chi connectivity index (χ2n) is 3.97. The van der Waals surface area contributed by atoms with Gasteiger partial charge in [-0.1, -0.05) is 6.92 Å². The molecule has 0 radical (unpaired) electrons. The lowest BCUT2D eigenvalue weighted by Gasteiger charge is -2.20. The molecule has 0 amide bonds. The molecule has 6 heteroatoms. The molecule has 1 N–H and O–H groups in total. The monoisotopic (exact) mass is 306 g/mol. The summed E-state index contributed by atoms with van der Waals surface area (Å²) in [6.45, 7) is 3.62. The van der Waals surface area contributed by atoms with Crippen LogP contribution in [0.1, 0.15) is 18.7 Å². The van der Waals surface area contributed by atoms with Gasteiger partial charge in [-0.3, -0.25) is 4.68 Å². The van der Waals surface area contributed by atoms with E-state index in [1.165, 1.54) is 0 Å². The summed E-state index contributed by atoms with van der Waals surface area (Å²) in [6.07, 6.45) is 1.08. The zero-order chi connectivity index (χ0) is 12.8. The molecule has 17 heavy (non-hydrogen) atoms. The van der Waals surface area contributed by atoms with E-state index < -0.39 is 6.10 Å². The molecule has 5 nitrogen and oxygen atoms in total. The van der Waals surface area contributed by atoms with E-state index in [-0.39, 0.29) is 5.92 Å². The van der Waals surface area contributed by atoms with Gasteiger partial charge >= 0.3 is 0 Å². The van der Waals surface area contributed by atoms with Crippen LogP contribution in [0, 0.1) is 5.92 Å². The fourth-order valence-electron chi connectivity index (χ4n) is 1.65. The summed E-state index contributed by atoms with van der Waals surface area (Å²) < 4.78 is 12.6. The lowest BCUT2D eigenvalue weighted by Crippen LogP contribution is -2.20. The molecule has 0 spiro atoms. The van der Waals surface area contributed by atoms with Crippen molar-refractivity contribution >= 4 is 15.9 Å².